The van der Waals surface area contributed by atoms with Crippen LogP contribution < -0.4 is 5.32 Å². The highest BCUT2D eigenvalue weighted by Gasteiger charge is 2.12. The van der Waals surface area contributed by atoms with Crippen molar-refractivity contribution in [3.05, 3.63) is 0 Å². The van der Waals surface area contributed by atoms with E-state index in [2.05, 4.69) is 19.2 Å². The molecule has 2 heteroatoms. The Morgan fingerprint density at radius 1 is 1.12 bits per heavy atom. The smallest absolute Gasteiger partial charge is 0.0494 e. The van der Waals surface area contributed by atoms with Crippen LogP contribution in [0.25, 0.3) is 0 Å². The molecule has 0 aromatic heterocycles. The maximum Gasteiger partial charge on any atom is 0.0494 e. The molecule has 1 fully saturated rings. The molecule has 0 amide bonds. The van der Waals surface area contributed by atoms with Crippen LogP contribution in [0.1, 0.15) is 58.8 Å². The van der Waals surface area contributed by atoms with E-state index in [4.69, 9.17) is 4.74 Å². The molecule has 16 heavy (non-hydrogen) atoms. The molecule has 0 aromatic rings. The van der Waals surface area contributed by atoms with Gasteiger partial charge >= 0.3 is 0 Å². The number of hydrogen-bond acceptors (Lipinski definition) is 2. The van der Waals surface area contributed by atoms with E-state index in [1.54, 1.807) is 0 Å². The van der Waals surface area contributed by atoms with Crippen LogP contribution in [0.15, 0.2) is 0 Å². The zero-order valence-corrected chi connectivity index (χ0v) is 11.1. The summed E-state index contributed by atoms with van der Waals surface area (Å²) in [6.45, 7) is 7.48. The Morgan fingerprint density at radius 3 is 2.56 bits per heavy atom. The first-order valence-electron chi connectivity index (χ1n) is 7.10. The van der Waals surface area contributed by atoms with Crippen molar-refractivity contribution in [1.29, 1.82) is 0 Å². The summed E-state index contributed by atoms with van der Waals surface area (Å²) >= 11 is 0. The van der Waals surface area contributed by atoms with Gasteiger partial charge in [0.1, 0.15) is 0 Å². The zero-order valence-electron chi connectivity index (χ0n) is 11.1. The molecule has 1 saturated carbocycles. The van der Waals surface area contributed by atoms with Crippen molar-refractivity contribution >= 4 is 0 Å². The SMILES string of the molecule is CC(C)NCCCCOCC1CCCCC1. The van der Waals surface area contributed by atoms with Crippen LogP contribution in [0.5, 0.6) is 0 Å². The van der Waals surface area contributed by atoms with Gasteiger partial charge in [0.15, 0.2) is 0 Å². The lowest BCUT2D eigenvalue weighted by atomic mass is 9.90. The van der Waals surface area contributed by atoms with Gasteiger partial charge in [-0.1, -0.05) is 33.1 Å². The van der Waals surface area contributed by atoms with Crippen LogP contribution in [0.4, 0.5) is 0 Å². The number of nitrogens with one attached hydrogen (secondary N) is 1. The molecule has 96 valence electrons. The van der Waals surface area contributed by atoms with Crippen LogP contribution in [-0.2, 0) is 4.74 Å². The van der Waals surface area contributed by atoms with E-state index in [1.807, 2.05) is 0 Å². The van der Waals surface area contributed by atoms with Crippen molar-refractivity contribution in [2.24, 2.45) is 5.92 Å². The summed E-state index contributed by atoms with van der Waals surface area (Å²) in [4.78, 5) is 0. The van der Waals surface area contributed by atoms with E-state index < -0.39 is 0 Å². The minimum atomic E-state index is 0.614. The van der Waals surface area contributed by atoms with Gasteiger partial charge in [-0.2, -0.15) is 0 Å². The van der Waals surface area contributed by atoms with Gasteiger partial charge in [0.05, 0.1) is 0 Å². The molecule has 1 rings (SSSR count). The Labute approximate surface area is 101 Å². The molecule has 0 saturated heterocycles. The summed E-state index contributed by atoms with van der Waals surface area (Å²) < 4.78 is 5.75. The molecule has 0 bridgehead atoms. The molecule has 0 atom stereocenters. The fourth-order valence-corrected chi connectivity index (χ4v) is 2.32. The number of unbranched alkanes of at least 4 members (excludes halogenated alkanes) is 1. The first-order valence-corrected chi connectivity index (χ1v) is 7.10. The average molecular weight is 227 g/mol. The third kappa shape index (κ3) is 7.24. The number of rotatable bonds is 8. The first-order chi connectivity index (χ1) is 7.79. The summed E-state index contributed by atoms with van der Waals surface area (Å²) in [5.41, 5.74) is 0. The molecule has 1 aliphatic rings. The third-order valence-corrected chi connectivity index (χ3v) is 3.35. The van der Waals surface area contributed by atoms with Crippen molar-refractivity contribution < 1.29 is 4.74 Å². The molecule has 0 unspecified atom stereocenters. The fraction of sp³-hybridized carbons (Fsp3) is 1.00. The van der Waals surface area contributed by atoms with Crippen molar-refractivity contribution in [2.75, 3.05) is 19.8 Å². The lowest BCUT2D eigenvalue weighted by molar-refractivity contribution is 0.0827. The Kier molecular flexibility index (Phi) is 7.87. The molecule has 2 nitrogen and oxygen atoms in total. The second-order valence-corrected chi connectivity index (χ2v) is 5.39. The Bertz CT molecular complexity index is 153. The van der Waals surface area contributed by atoms with Crippen LogP contribution in [0.3, 0.4) is 0 Å². The predicted molar refractivity (Wildman–Crippen MR) is 69.8 cm³/mol. The van der Waals surface area contributed by atoms with Crippen LogP contribution in [0.2, 0.25) is 0 Å². The number of hydrogen-bond donors (Lipinski definition) is 1. The minimum absolute atomic E-state index is 0.614. The van der Waals surface area contributed by atoms with E-state index >= 15 is 0 Å². The van der Waals surface area contributed by atoms with Crippen molar-refractivity contribution in [3.63, 3.8) is 0 Å². The Balaban J connectivity index is 1.80. The molecular formula is C14H29NO. The summed E-state index contributed by atoms with van der Waals surface area (Å²) in [5.74, 6) is 0.863. The molecular weight excluding hydrogens is 198 g/mol. The zero-order chi connectivity index (χ0) is 11.6. The summed E-state index contributed by atoms with van der Waals surface area (Å²) in [7, 11) is 0. The molecule has 0 aliphatic heterocycles. The van der Waals surface area contributed by atoms with Gasteiger partial charge < -0.3 is 10.1 Å². The maximum absolute atomic E-state index is 5.75. The van der Waals surface area contributed by atoms with Crippen molar-refractivity contribution in [2.45, 2.75) is 64.8 Å². The average Bonchev–Trinajstić information content (AvgIpc) is 2.29. The van der Waals surface area contributed by atoms with Crippen molar-refractivity contribution in [3.8, 4) is 0 Å². The van der Waals surface area contributed by atoms with Crippen LogP contribution in [0, 0.1) is 5.92 Å². The van der Waals surface area contributed by atoms with Gasteiger partial charge in [-0.3, -0.25) is 0 Å². The van der Waals surface area contributed by atoms with Crippen molar-refractivity contribution in [1.82, 2.24) is 5.32 Å². The van der Waals surface area contributed by atoms with E-state index in [1.165, 1.54) is 44.9 Å². The normalized spacial score (nSPS) is 18.2. The van der Waals surface area contributed by atoms with Gasteiger partial charge in [-0.15, -0.1) is 0 Å². The van der Waals surface area contributed by atoms with Gasteiger partial charge in [-0.25, -0.2) is 0 Å². The van der Waals surface area contributed by atoms with E-state index in [0.29, 0.717) is 6.04 Å². The summed E-state index contributed by atoms with van der Waals surface area (Å²) in [6, 6.07) is 0.614. The van der Waals surface area contributed by atoms with Gasteiger partial charge in [0.2, 0.25) is 0 Å². The second kappa shape index (κ2) is 9.00. The molecule has 1 aliphatic carbocycles. The standard InChI is InChI=1S/C14H29NO/c1-13(2)15-10-6-7-11-16-12-14-8-4-3-5-9-14/h13-15H,3-12H2,1-2H3. The first kappa shape index (κ1) is 14.0. The molecule has 0 radical (unpaired) electrons. The molecule has 0 spiro atoms. The highest BCUT2D eigenvalue weighted by molar-refractivity contribution is 4.64. The predicted octanol–water partition coefficient (Wildman–Crippen LogP) is 3.36. The summed E-state index contributed by atoms with van der Waals surface area (Å²) in [6.07, 6.45) is 9.52. The highest BCUT2D eigenvalue weighted by Crippen LogP contribution is 2.23. The molecule has 1 N–H and O–H groups in total. The Morgan fingerprint density at radius 2 is 1.88 bits per heavy atom. The van der Waals surface area contributed by atoms with Gasteiger partial charge in [0, 0.05) is 19.3 Å². The lowest BCUT2D eigenvalue weighted by Gasteiger charge is -2.21. The monoisotopic (exact) mass is 227 g/mol. The quantitative estimate of drug-likeness (QED) is 0.642. The lowest BCUT2D eigenvalue weighted by Crippen LogP contribution is -2.23. The minimum Gasteiger partial charge on any atom is -0.381 e. The molecule has 0 aromatic carbocycles. The maximum atomic E-state index is 5.75. The third-order valence-electron chi connectivity index (χ3n) is 3.35. The fourth-order valence-electron chi connectivity index (χ4n) is 2.32. The topological polar surface area (TPSA) is 21.3 Å². The van der Waals surface area contributed by atoms with Crippen LogP contribution in [-0.4, -0.2) is 25.8 Å². The highest BCUT2D eigenvalue weighted by atomic mass is 16.5. The number of ether oxygens (including phenoxy) is 1. The molecule has 0 heterocycles. The second-order valence-electron chi connectivity index (χ2n) is 5.39. The van der Waals surface area contributed by atoms with Gasteiger partial charge in [0.25, 0.3) is 0 Å². The summed E-state index contributed by atoms with van der Waals surface area (Å²) in [5, 5.41) is 3.43. The largest absolute Gasteiger partial charge is 0.381 e. The van der Waals surface area contributed by atoms with Gasteiger partial charge in [-0.05, 0) is 38.1 Å². The van der Waals surface area contributed by atoms with E-state index in [-0.39, 0.29) is 0 Å². The van der Waals surface area contributed by atoms with Crippen LogP contribution >= 0.6 is 0 Å². The Hall–Kier alpha value is -0.0800. The van der Waals surface area contributed by atoms with E-state index in [0.717, 1.165) is 25.7 Å². The van der Waals surface area contributed by atoms with E-state index in [9.17, 15) is 0 Å².